The van der Waals surface area contributed by atoms with E-state index < -0.39 is 0 Å². The number of pyridine rings is 1. The topological polar surface area (TPSA) is 48.9 Å². The Kier molecular flexibility index (Phi) is 5.02. The molecule has 4 rings (SSSR count). The number of nitrogens with one attached hydrogen (secondary N) is 1. The molecule has 0 unspecified atom stereocenters. The van der Waals surface area contributed by atoms with E-state index >= 15 is 0 Å². The van der Waals surface area contributed by atoms with E-state index in [0.29, 0.717) is 18.4 Å². The smallest absolute Gasteiger partial charge is 0.138 e. The van der Waals surface area contributed by atoms with Crippen LogP contribution in [0.1, 0.15) is 37.3 Å². The third-order valence-electron chi connectivity index (χ3n) is 5.10. The number of aromatic nitrogens is 2. The van der Waals surface area contributed by atoms with E-state index in [1.54, 1.807) is 11.8 Å². The average molecular weight is 373 g/mol. The molecule has 0 saturated heterocycles. The first-order valence-electron chi connectivity index (χ1n) is 8.75. The van der Waals surface area contributed by atoms with Crippen molar-refractivity contribution in [2.75, 3.05) is 6.61 Å². The zero-order chi connectivity index (χ0) is 17.2. The third kappa shape index (κ3) is 3.57. The lowest BCUT2D eigenvalue weighted by molar-refractivity contribution is 0.181. The van der Waals surface area contributed by atoms with Gasteiger partial charge in [0.1, 0.15) is 5.65 Å². The van der Waals surface area contributed by atoms with Crippen molar-refractivity contribution in [3.05, 3.63) is 53.3 Å². The molecule has 0 atom stereocenters. The number of halogens is 1. The van der Waals surface area contributed by atoms with Crippen LogP contribution in [0.15, 0.2) is 52.4 Å². The molecule has 2 aromatic heterocycles. The molecule has 5 heteroatoms. The quantitative estimate of drug-likeness (QED) is 0.623. The van der Waals surface area contributed by atoms with Crippen molar-refractivity contribution in [2.24, 2.45) is 5.92 Å². The second kappa shape index (κ2) is 7.40. The number of nitrogens with zero attached hydrogens (tertiary/aromatic N) is 1. The molecule has 2 N–H and O–H groups in total. The summed E-state index contributed by atoms with van der Waals surface area (Å²) in [4.78, 5) is 10.5. The van der Waals surface area contributed by atoms with Gasteiger partial charge in [-0.2, -0.15) is 0 Å². The summed E-state index contributed by atoms with van der Waals surface area (Å²) in [5.74, 6) is 0.970. The predicted octanol–water partition coefficient (Wildman–Crippen LogP) is 5.63. The molecule has 1 saturated carbocycles. The van der Waals surface area contributed by atoms with Crippen molar-refractivity contribution in [3.8, 4) is 0 Å². The zero-order valence-electron chi connectivity index (χ0n) is 13.9. The number of hydrogen-bond donors (Lipinski definition) is 2. The van der Waals surface area contributed by atoms with Crippen LogP contribution >= 0.6 is 23.4 Å². The minimum Gasteiger partial charge on any atom is -0.396 e. The lowest BCUT2D eigenvalue weighted by atomic mass is 9.81. The fourth-order valence-corrected chi connectivity index (χ4v) is 4.91. The van der Waals surface area contributed by atoms with Crippen LogP contribution in [0, 0.1) is 5.92 Å². The monoisotopic (exact) mass is 372 g/mol. The molecule has 0 aliphatic heterocycles. The Morgan fingerprint density at radius 2 is 1.88 bits per heavy atom. The summed E-state index contributed by atoms with van der Waals surface area (Å²) in [6.07, 6.45) is 6.25. The molecule has 130 valence electrons. The Hall–Kier alpha value is -1.49. The third-order valence-corrected chi connectivity index (χ3v) is 6.50. The zero-order valence-corrected chi connectivity index (χ0v) is 15.5. The van der Waals surface area contributed by atoms with Gasteiger partial charge in [-0.25, -0.2) is 4.98 Å². The van der Waals surface area contributed by atoms with Crippen molar-refractivity contribution >= 4 is 34.4 Å². The summed E-state index contributed by atoms with van der Waals surface area (Å²) in [7, 11) is 0. The maximum absolute atomic E-state index is 9.40. The molecule has 2 heterocycles. The highest BCUT2D eigenvalue weighted by atomic mass is 35.5. The minimum absolute atomic E-state index is 0.313. The second-order valence-corrected chi connectivity index (χ2v) is 8.24. The van der Waals surface area contributed by atoms with Gasteiger partial charge in [0.2, 0.25) is 0 Å². The van der Waals surface area contributed by atoms with Crippen LogP contribution < -0.4 is 0 Å². The van der Waals surface area contributed by atoms with E-state index in [2.05, 4.69) is 28.2 Å². The van der Waals surface area contributed by atoms with Crippen molar-refractivity contribution < 1.29 is 5.11 Å². The maximum atomic E-state index is 9.40. The first kappa shape index (κ1) is 17.0. The highest BCUT2D eigenvalue weighted by molar-refractivity contribution is 7.99. The van der Waals surface area contributed by atoms with Crippen molar-refractivity contribution in [3.63, 3.8) is 0 Å². The number of hydrogen-bond acceptors (Lipinski definition) is 3. The van der Waals surface area contributed by atoms with Gasteiger partial charge in [-0.1, -0.05) is 23.4 Å². The number of rotatable bonds is 4. The summed E-state index contributed by atoms with van der Waals surface area (Å²) >= 11 is 7.80. The Labute approximate surface area is 156 Å². The minimum atomic E-state index is 0.313. The second-order valence-electron chi connectivity index (χ2n) is 6.72. The lowest BCUT2D eigenvalue weighted by Gasteiger charge is -2.27. The number of benzene rings is 1. The van der Waals surface area contributed by atoms with Crippen molar-refractivity contribution in [1.82, 2.24) is 9.97 Å². The van der Waals surface area contributed by atoms with Gasteiger partial charge in [0.15, 0.2) is 0 Å². The van der Waals surface area contributed by atoms with Crippen LogP contribution in [0.4, 0.5) is 0 Å². The van der Waals surface area contributed by atoms with Crippen molar-refractivity contribution in [2.45, 2.75) is 41.4 Å². The number of H-pyrrole nitrogens is 1. The van der Waals surface area contributed by atoms with Crippen LogP contribution in [0.2, 0.25) is 5.02 Å². The summed E-state index contributed by atoms with van der Waals surface area (Å²) < 4.78 is 0. The van der Waals surface area contributed by atoms with Gasteiger partial charge in [0.05, 0.1) is 0 Å². The molecule has 3 nitrogen and oxygen atoms in total. The Morgan fingerprint density at radius 3 is 2.60 bits per heavy atom. The Balaban J connectivity index is 1.69. The molecule has 0 spiro atoms. The molecule has 1 aliphatic carbocycles. The van der Waals surface area contributed by atoms with Crippen LogP contribution in [0.5, 0.6) is 0 Å². The summed E-state index contributed by atoms with van der Waals surface area (Å²) in [6, 6.07) is 12.1. The molecule has 0 amide bonds. The van der Waals surface area contributed by atoms with E-state index in [-0.39, 0.29) is 0 Å². The van der Waals surface area contributed by atoms with Gasteiger partial charge in [-0.3, -0.25) is 0 Å². The largest absolute Gasteiger partial charge is 0.396 e. The number of aromatic amines is 1. The maximum Gasteiger partial charge on any atom is 0.138 e. The summed E-state index contributed by atoms with van der Waals surface area (Å²) in [5, 5.41) is 11.3. The standard InChI is InChI=1S/C20H21ClN2OS/c21-15-7-9-16(10-8-15)25-19-17-2-1-11-22-20(17)23-18(19)14-5-3-13(12-24)4-6-14/h1-2,7-11,13-14,24H,3-6,12H2,(H,22,23)/t13-,14-. The van der Waals surface area contributed by atoms with Crippen molar-refractivity contribution in [1.29, 1.82) is 0 Å². The lowest BCUT2D eigenvalue weighted by Crippen LogP contribution is -2.16. The van der Waals surface area contributed by atoms with Crippen LogP contribution in [0.25, 0.3) is 11.0 Å². The van der Waals surface area contributed by atoms with Gasteiger partial charge < -0.3 is 10.1 Å². The molecule has 1 aliphatic rings. The summed E-state index contributed by atoms with van der Waals surface area (Å²) in [5.41, 5.74) is 2.25. The molecule has 0 bridgehead atoms. The Bertz CT molecular complexity index is 854. The fraction of sp³-hybridized carbons (Fsp3) is 0.350. The van der Waals surface area contributed by atoms with E-state index in [1.807, 2.05) is 24.4 Å². The van der Waals surface area contributed by atoms with E-state index in [1.165, 1.54) is 20.9 Å². The Morgan fingerprint density at radius 1 is 1.12 bits per heavy atom. The highest BCUT2D eigenvalue weighted by Crippen LogP contribution is 2.44. The fourth-order valence-electron chi connectivity index (χ4n) is 3.67. The normalized spacial score (nSPS) is 20.9. The number of aliphatic hydroxyl groups excluding tert-OH is 1. The number of fused-ring (bicyclic) bond motifs is 1. The highest BCUT2D eigenvalue weighted by Gasteiger charge is 2.26. The molecular weight excluding hydrogens is 352 g/mol. The molecular formula is C20H21ClN2OS. The van der Waals surface area contributed by atoms with Crippen LogP contribution in [0.3, 0.4) is 0 Å². The van der Waals surface area contributed by atoms with E-state index in [0.717, 1.165) is 36.4 Å². The first-order valence-corrected chi connectivity index (χ1v) is 9.95. The molecule has 0 radical (unpaired) electrons. The van der Waals surface area contributed by atoms with Crippen LogP contribution in [-0.2, 0) is 0 Å². The molecule has 1 fully saturated rings. The SMILES string of the molecule is OC[C@H]1CC[C@H](c2[nH]c3ncccc3c2Sc2ccc(Cl)cc2)CC1. The molecule has 25 heavy (non-hydrogen) atoms. The van der Waals surface area contributed by atoms with Gasteiger partial charge in [-0.15, -0.1) is 0 Å². The summed E-state index contributed by atoms with van der Waals surface area (Å²) in [6.45, 7) is 0.313. The van der Waals surface area contributed by atoms with Crippen LogP contribution in [-0.4, -0.2) is 21.7 Å². The van der Waals surface area contributed by atoms with E-state index in [9.17, 15) is 5.11 Å². The predicted molar refractivity (Wildman–Crippen MR) is 103 cm³/mol. The molecule has 1 aromatic carbocycles. The van der Waals surface area contributed by atoms with Gasteiger partial charge in [0.25, 0.3) is 0 Å². The van der Waals surface area contributed by atoms with E-state index in [4.69, 9.17) is 11.6 Å². The molecule has 3 aromatic rings. The van der Waals surface area contributed by atoms with Gasteiger partial charge >= 0.3 is 0 Å². The number of aliphatic hydroxyl groups is 1. The first-order chi connectivity index (χ1) is 12.2. The average Bonchev–Trinajstić information content (AvgIpc) is 3.02. The van der Waals surface area contributed by atoms with Gasteiger partial charge in [-0.05, 0) is 68.0 Å². The van der Waals surface area contributed by atoms with Gasteiger partial charge in [0, 0.05) is 44.6 Å².